The number of phenols is 2. The molecular formula is C44H36O2. The highest BCUT2D eigenvalue weighted by Gasteiger charge is 2.37. The van der Waals surface area contributed by atoms with Gasteiger partial charge in [-0.3, -0.25) is 0 Å². The SMILES string of the molecule is Oc1ccc(C2(c3ccc(O)c(-c4cccc5c4Cc4ccccc4-5)c3)CCCCC2)cc1-c1cccc2c1Cc1ccccc1-2. The van der Waals surface area contributed by atoms with Gasteiger partial charge < -0.3 is 10.2 Å². The maximum absolute atomic E-state index is 11.3. The van der Waals surface area contributed by atoms with Gasteiger partial charge in [-0.15, -0.1) is 0 Å². The second-order valence-corrected chi connectivity index (χ2v) is 13.4. The van der Waals surface area contributed by atoms with Crippen LogP contribution in [0.1, 0.15) is 65.5 Å². The Bertz CT molecular complexity index is 2020. The van der Waals surface area contributed by atoms with E-state index < -0.39 is 0 Å². The second-order valence-electron chi connectivity index (χ2n) is 13.4. The summed E-state index contributed by atoms with van der Waals surface area (Å²) in [5.41, 5.74) is 16.7. The fraction of sp³-hybridized carbons (Fsp3) is 0.182. The summed E-state index contributed by atoms with van der Waals surface area (Å²) >= 11 is 0. The number of rotatable bonds is 4. The van der Waals surface area contributed by atoms with Crippen LogP contribution in [0.25, 0.3) is 44.5 Å². The zero-order valence-electron chi connectivity index (χ0n) is 25.9. The first-order chi connectivity index (χ1) is 22.6. The van der Waals surface area contributed by atoms with Crippen molar-refractivity contribution in [2.75, 3.05) is 0 Å². The highest BCUT2D eigenvalue weighted by molar-refractivity contribution is 5.88. The molecule has 0 atom stereocenters. The first-order valence-electron chi connectivity index (χ1n) is 16.7. The average molecular weight is 597 g/mol. The first kappa shape index (κ1) is 27.2. The topological polar surface area (TPSA) is 40.5 Å². The van der Waals surface area contributed by atoms with Crippen molar-refractivity contribution in [1.82, 2.24) is 0 Å². The van der Waals surface area contributed by atoms with E-state index in [0.29, 0.717) is 11.5 Å². The smallest absolute Gasteiger partial charge is 0.123 e. The van der Waals surface area contributed by atoms with Crippen molar-refractivity contribution in [1.29, 1.82) is 0 Å². The molecule has 0 amide bonds. The van der Waals surface area contributed by atoms with E-state index in [1.807, 2.05) is 12.1 Å². The maximum atomic E-state index is 11.3. The van der Waals surface area contributed by atoms with Crippen LogP contribution in [-0.2, 0) is 18.3 Å². The maximum Gasteiger partial charge on any atom is 0.123 e. The van der Waals surface area contributed by atoms with E-state index in [-0.39, 0.29) is 5.41 Å². The van der Waals surface area contributed by atoms with Crippen molar-refractivity contribution in [3.63, 3.8) is 0 Å². The van der Waals surface area contributed by atoms with Crippen LogP contribution < -0.4 is 0 Å². The summed E-state index contributed by atoms with van der Waals surface area (Å²) in [6, 6.07) is 43.0. The first-order valence-corrected chi connectivity index (χ1v) is 16.7. The van der Waals surface area contributed by atoms with Gasteiger partial charge in [-0.05, 0) is 117 Å². The van der Waals surface area contributed by atoms with E-state index in [0.717, 1.165) is 60.8 Å². The molecule has 3 aliphatic carbocycles. The Morgan fingerprint density at radius 1 is 0.391 bits per heavy atom. The lowest BCUT2D eigenvalue weighted by atomic mass is 9.64. The molecule has 1 fully saturated rings. The molecule has 46 heavy (non-hydrogen) atoms. The van der Waals surface area contributed by atoms with Gasteiger partial charge in [-0.1, -0.05) is 116 Å². The third-order valence-electron chi connectivity index (χ3n) is 11.1. The predicted molar refractivity (Wildman–Crippen MR) is 187 cm³/mol. The van der Waals surface area contributed by atoms with Gasteiger partial charge in [-0.2, -0.15) is 0 Å². The minimum Gasteiger partial charge on any atom is -0.507 e. The van der Waals surface area contributed by atoms with Crippen molar-refractivity contribution in [2.24, 2.45) is 0 Å². The molecule has 0 bridgehead atoms. The number of benzene rings is 6. The minimum atomic E-state index is -0.203. The van der Waals surface area contributed by atoms with Crippen LogP contribution in [0.4, 0.5) is 0 Å². The Morgan fingerprint density at radius 2 is 0.804 bits per heavy atom. The molecule has 0 aromatic heterocycles. The largest absolute Gasteiger partial charge is 0.507 e. The van der Waals surface area contributed by atoms with Crippen LogP contribution in [0, 0.1) is 0 Å². The lowest BCUT2D eigenvalue weighted by Crippen LogP contribution is -2.30. The molecule has 1 saturated carbocycles. The van der Waals surface area contributed by atoms with E-state index in [4.69, 9.17) is 0 Å². The van der Waals surface area contributed by atoms with Crippen LogP contribution in [0.3, 0.4) is 0 Å². The van der Waals surface area contributed by atoms with E-state index in [2.05, 4.69) is 109 Å². The summed E-state index contributed by atoms with van der Waals surface area (Å²) in [4.78, 5) is 0. The summed E-state index contributed by atoms with van der Waals surface area (Å²) < 4.78 is 0. The van der Waals surface area contributed by atoms with Crippen LogP contribution in [0.2, 0.25) is 0 Å². The van der Waals surface area contributed by atoms with Gasteiger partial charge in [-0.25, -0.2) is 0 Å². The van der Waals surface area contributed by atoms with Crippen molar-refractivity contribution in [2.45, 2.75) is 50.4 Å². The van der Waals surface area contributed by atoms with Crippen LogP contribution in [-0.4, -0.2) is 10.2 Å². The molecule has 224 valence electrons. The number of hydrogen-bond acceptors (Lipinski definition) is 2. The molecule has 9 rings (SSSR count). The summed E-state index contributed by atoms with van der Waals surface area (Å²) in [5.74, 6) is 0.648. The number of fused-ring (bicyclic) bond motifs is 6. The molecule has 0 heterocycles. The van der Waals surface area contributed by atoms with Crippen molar-refractivity contribution >= 4 is 0 Å². The summed E-state index contributed by atoms with van der Waals surface area (Å²) in [5, 5.41) is 22.7. The Kier molecular flexibility index (Phi) is 6.21. The quantitative estimate of drug-likeness (QED) is 0.212. The van der Waals surface area contributed by atoms with Gasteiger partial charge in [0.05, 0.1) is 0 Å². The highest BCUT2D eigenvalue weighted by atomic mass is 16.3. The van der Waals surface area contributed by atoms with Crippen molar-refractivity contribution in [3.05, 3.63) is 155 Å². The van der Waals surface area contributed by atoms with Crippen molar-refractivity contribution < 1.29 is 10.2 Å². The molecule has 0 saturated heterocycles. The summed E-state index contributed by atoms with van der Waals surface area (Å²) in [6.45, 7) is 0. The number of hydrogen-bond donors (Lipinski definition) is 2. The molecule has 3 aliphatic rings. The van der Waals surface area contributed by atoms with Crippen LogP contribution >= 0.6 is 0 Å². The lowest BCUT2D eigenvalue weighted by molar-refractivity contribution is 0.345. The van der Waals surface area contributed by atoms with Gasteiger partial charge in [0.15, 0.2) is 0 Å². The predicted octanol–water partition coefficient (Wildman–Crippen LogP) is 10.8. The number of phenolic OH excluding ortho intramolecular Hbond substituents is 2. The Hall–Kier alpha value is -5.08. The summed E-state index contributed by atoms with van der Waals surface area (Å²) in [7, 11) is 0. The Labute approximate surface area is 270 Å². The fourth-order valence-electron chi connectivity index (χ4n) is 8.82. The van der Waals surface area contributed by atoms with E-state index in [1.54, 1.807) is 0 Å². The fourth-order valence-corrected chi connectivity index (χ4v) is 8.82. The zero-order valence-corrected chi connectivity index (χ0v) is 25.9. The highest BCUT2D eigenvalue weighted by Crippen LogP contribution is 2.51. The van der Waals surface area contributed by atoms with Crippen molar-refractivity contribution in [3.8, 4) is 56.0 Å². The molecule has 2 nitrogen and oxygen atoms in total. The zero-order chi connectivity index (χ0) is 30.8. The third-order valence-corrected chi connectivity index (χ3v) is 11.1. The minimum absolute atomic E-state index is 0.203. The average Bonchev–Trinajstić information content (AvgIpc) is 3.68. The van der Waals surface area contributed by atoms with Gasteiger partial charge in [0.2, 0.25) is 0 Å². The molecule has 6 aromatic rings. The second kappa shape index (κ2) is 10.5. The molecule has 0 aliphatic heterocycles. The molecule has 0 unspecified atom stereocenters. The van der Waals surface area contributed by atoms with E-state index in [9.17, 15) is 10.2 Å². The van der Waals surface area contributed by atoms with Gasteiger partial charge in [0.25, 0.3) is 0 Å². The van der Waals surface area contributed by atoms with Crippen LogP contribution in [0.15, 0.2) is 121 Å². The molecule has 6 aromatic carbocycles. The molecule has 2 N–H and O–H groups in total. The normalized spacial score (nSPS) is 15.6. The van der Waals surface area contributed by atoms with Crippen LogP contribution in [0.5, 0.6) is 11.5 Å². The monoisotopic (exact) mass is 596 g/mol. The Balaban J connectivity index is 1.18. The molecule has 0 radical (unpaired) electrons. The van der Waals surface area contributed by atoms with E-state index in [1.165, 1.54) is 62.1 Å². The molecule has 0 spiro atoms. The molecular weight excluding hydrogens is 560 g/mol. The number of aromatic hydroxyl groups is 2. The lowest BCUT2D eigenvalue weighted by Gasteiger charge is -2.39. The summed E-state index contributed by atoms with van der Waals surface area (Å²) in [6.07, 6.45) is 7.37. The van der Waals surface area contributed by atoms with E-state index >= 15 is 0 Å². The molecule has 2 heteroatoms. The van der Waals surface area contributed by atoms with Gasteiger partial charge in [0.1, 0.15) is 11.5 Å². The standard InChI is InChI=1S/C44H36O2/c45-42-20-18-30(26-40(42)36-16-8-14-34-32-12-4-2-10-28(32)24-38(34)36)44(22-6-1-7-23-44)31-19-21-43(46)41(27-31)37-17-9-15-35-33-13-5-3-11-29(33)25-39(35)37/h2-5,8-21,26-27,45-46H,1,6-7,22-25H2. The van der Waals surface area contributed by atoms with Gasteiger partial charge >= 0.3 is 0 Å². The van der Waals surface area contributed by atoms with Gasteiger partial charge in [0, 0.05) is 16.5 Å². The third kappa shape index (κ3) is 4.09. The Morgan fingerprint density at radius 3 is 1.28 bits per heavy atom.